The van der Waals surface area contributed by atoms with E-state index in [0.29, 0.717) is 21.5 Å². The zero-order valence-corrected chi connectivity index (χ0v) is 8.34. The molecule has 0 heterocycles. The molecule has 0 atom stereocenters. The highest BCUT2D eigenvalue weighted by Crippen LogP contribution is 2.24. The molecule has 0 saturated heterocycles. The van der Waals surface area contributed by atoms with Crippen LogP contribution in [0.5, 0.6) is 0 Å². The zero-order chi connectivity index (χ0) is 8.43. The molecule has 0 fully saturated rings. The Labute approximate surface area is 78.5 Å². The summed E-state index contributed by atoms with van der Waals surface area (Å²) in [6.07, 6.45) is 0.623. The van der Waals surface area contributed by atoms with Crippen LogP contribution in [-0.4, -0.2) is 0 Å². The molecule has 0 spiro atoms. The van der Waals surface area contributed by atoms with Crippen LogP contribution in [0.2, 0.25) is 5.02 Å². The van der Waals surface area contributed by atoms with Crippen LogP contribution in [0.15, 0.2) is 16.6 Å². The molecule has 60 valence electrons. The van der Waals surface area contributed by atoms with E-state index in [4.69, 9.17) is 11.6 Å². The molecule has 0 aliphatic heterocycles. The van der Waals surface area contributed by atoms with Crippen molar-refractivity contribution in [2.75, 3.05) is 0 Å². The van der Waals surface area contributed by atoms with Crippen LogP contribution < -0.4 is 0 Å². The lowest BCUT2D eigenvalue weighted by molar-refractivity contribution is 0.611. The molecule has 0 aliphatic rings. The van der Waals surface area contributed by atoms with E-state index >= 15 is 0 Å². The highest BCUT2D eigenvalue weighted by molar-refractivity contribution is 9.10. The smallest absolute Gasteiger partial charge is 0.128 e. The second kappa shape index (κ2) is 3.55. The van der Waals surface area contributed by atoms with Crippen molar-refractivity contribution in [3.63, 3.8) is 0 Å². The highest BCUT2D eigenvalue weighted by Gasteiger charge is 2.05. The molecule has 0 nitrogen and oxygen atoms in total. The van der Waals surface area contributed by atoms with Gasteiger partial charge in [-0.1, -0.05) is 34.5 Å². The molecule has 1 rings (SSSR count). The average molecular weight is 237 g/mol. The maximum Gasteiger partial charge on any atom is 0.128 e. The number of rotatable bonds is 1. The van der Waals surface area contributed by atoms with Crippen molar-refractivity contribution >= 4 is 27.5 Å². The number of halogens is 3. The molecule has 1 aromatic carbocycles. The third kappa shape index (κ3) is 1.94. The number of benzene rings is 1. The summed E-state index contributed by atoms with van der Waals surface area (Å²) in [5.74, 6) is -0.244. The van der Waals surface area contributed by atoms with Gasteiger partial charge in [0.25, 0.3) is 0 Å². The van der Waals surface area contributed by atoms with Gasteiger partial charge in [0.05, 0.1) is 0 Å². The largest absolute Gasteiger partial charge is 0.207 e. The van der Waals surface area contributed by atoms with E-state index in [1.165, 1.54) is 6.07 Å². The van der Waals surface area contributed by atoms with Crippen molar-refractivity contribution in [3.8, 4) is 0 Å². The molecule has 0 bridgehead atoms. The molecule has 0 N–H and O–H groups in total. The minimum absolute atomic E-state index is 0.244. The van der Waals surface area contributed by atoms with E-state index in [2.05, 4.69) is 15.9 Å². The van der Waals surface area contributed by atoms with E-state index < -0.39 is 0 Å². The lowest BCUT2D eigenvalue weighted by Gasteiger charge is -2.02. The summed E-state index contributed by atoms with van der Waals surface area (Å²) in [5.41, 5.74) is 0.579. The standard InChI is InChI=1S/C8H7BrClF/c1-2-6-7(10)3-5(9)4-8(6)11/h3-4H,2H2,1H3. The summed E-state index contributed by atoms with van der Waals surface area (Å²) < 4.78 is 13.7. The Bertz CT molecular complexity index is 250. The molecule has 3 heteroatoms. The Morgan fingerprint density at radius 3 is 2.64 bits per heavy atom. The van der Waals surface area contributed by atoms with Gasteiger partial charge < -0.3 is 0 Å². The van der Waals surface area contributed by atoms with Gasteiger partial charge in [-0.25, -0.2) is 4.39 Å². The summed E-state index contributed by atoms with van der Waals surface area (Å²) in [5, 5.41) is 0.486. The summed E-state index contributed by atoms with van der Waals surface area (Å²) in [6.45, 7) is 1.87. The van der Waals surface area contributed by atoms with Gasteiger partial charge in [-0.15, -0.1) is 0 Å². The fourth-order valence-corrected chi connectivity index (χ4v) is 1.81. The highest BCUT2D eigenvalue weighted by atomic mass is 79.9. The van der Waals surface area contributed by atoms with Gasteiger partial charge in [0.15, 0.2) is 0 Å². The minimum Gasteiger partial charge on any atom is -0.207 e. The van der Waals surface area contributed by atoms with Crippen molar-refractivity contribution in [3.05, 3.63) is 33.0 Å². The molecule has 11 heavy (non-hydrogen) atoms. The third-order valence-corrected chi connectivity index (χ3v) is 2.25. The summed E-state index contributed by atoms with van der Waals surface area (Å²) in [4.78, 5) is 0. The van der Waals surface area contributed by atoms with Gasteiger partial charge in [0.1, 0.15) is 5.82 Å². The van der Waals surface area contributed by atoms with Crippen molar-refractivity contribution in [1.29, 1.82) is 0 Å². The predicted molar refractivity (Wildman–Crippen MR) is 48.5 cm³/mol. The van der Waals surface area contributed by atoms with E-state index in [0.717, 1.165) is 0 Å². The topological polar surface area (TPSA) is 0 Å². The van der Waals surface area contributed by atoms with E-state index in [9.17, 15) is 4.39 Å². The first-order valence-electron chi connectivity index (χ1n) is 3.28. The first kappa shape index (κ1) is 9.01. The lowest BCUT2D eigenvalue weighted by atomic mass is 10.1. The van der Waals surface area contributed by atoms with Crippen molar-refractivity contribution in [1.82, 2.24) is 0 Å². The Morgan fingerprint density at radius 2 is 2.18 bits per heavy atom. The SMILES string of the molecule is CCc1c(F)cc(Br)cc1Cl. The number of hydrogen-bond acceptors (Lipinski definition) is 0. The number of hydrogen-bond donors (Lipinski definition) is 0. The molecular weight excluding hydrogens is 230 g/mol. The molecule has 0 amide bonds. The fraction of sp³-hybridized carbons (Fsp3) is 0.250. The molecule has 1 aromatic rings. The molecule has 0 saturated carbocycles. The van der Waals surface area contributed by atoms with Crippen LogP contribution in [-0.2, 0) is 6.42 Å². The Hall–Kier alpha value is -0.0800. The van der Waals surface area contributed by atoms with E-state index in [-0.39, 0.29) is 5.82 Å². The van der Waals surface area contributed by atoms with Gasteiger partial charge in [-0.3, -0.25) is 0 Å². The summed E-state index contributed by atoms with van der Waals surface area (Å²) >= 11 is 8.92. The van der Waals surface area contributed by atoms with Gasteiger partial charge in [0.2, 0.25) is 0 Å². The van der Waals surface area contributed by atoms with E-state index in [1.54, 1.807) is 6.07 Å². The third-order valence-electron chi connectivity index (χ3n) is 1.46. The first-order chi connectivity index (χ1) is 5.15. The minimum atomic E-state index is -0.244. The van der Waals surface area contributed by atoms with Crippen LogP contribution in [0.4, 0.5) is 4.39 Å². The zero-order valence-electron chi connectivity index (χ0n) is 6.00. The lowest BCUT2D eigenvalue weighted by Crippen LogP contribution is -1.88. The second-order valence-electron chi connectivity index (χ2n) is 2.20. The van der Waals surface area contributed by atoms with Crippen molar-refractivity contribution in [2.45, 2.75) is 13.3 Å². The van der Waals surface area contributed by atoms with Crippen LogP contribution in [0.25, 0.3) is 0 Å². The fourth-order valence-electron chi connectivity index (χ4n) is 0.910. The van der Waals surface area contributed by atoms with Gasteiger partial charge in [-0.05, 0) is 18.6 Å². The predicted octanol–water partition coefficient (Wildman–Crippen LogP) is 3.80. The maximum absolute atomic E-state index is 13.0. The van der Waals surface area contributed by atoms with E-state index in [1.807, 2.05) is 6.92 Å². The average Bonchev–Trinajstić information content (AvgIpc) is 1.85. The van der Waals surface area contributed by atoms with Crippen LogP contribution in [0.3, 0.4) is 0 Å². The van der Waals surface area contributed by atoms with Gasteiger partial charge in [-0.2, -0.15) is 0 Å². The van der Waals surface area contributed by atoms with Gasteiger partial charge >= 0.3 is 0 Å². The second-order valence-corrected chi connectivity index (χ2v) is 3.52. The van der Waals surface area contributed by atoms with Crippen molar-refractivity contribution < 1.29 is 4.39 Å². The first-order valence-corrected chi connectivity index (χ1v) is 4.45. The van der Waals surface area contributed by atoms with Crippen LogP contribution in [0, 0.1) is 5.82 Å². The molecule has 0 aliphatic carbocycles. The molecule has 0 aromatic heterocycles. The summed E-state index contributed by atoms with van der Waals surface area (Å²) in [6, 6.07) is 3.12. The van der Waals surface area contributed by atoms with Crippen LogP contribution >= 0.6 is 27.5 Å². The van der Waals surface area contributed by atoms with Crippen molar-refractivity contribution in [2.24, 2.45) is 0 Å². The normalized spacial score (nSPS) is 10.2. The quantitative estimate of drug-likeness (QED) is 0.697. The molecule has 0 unspecified atom stereocenters. The molecular formula is C8H7BrClF. The summed E-state index contributed by atoms with van der Waals surface area (Å²) in [7, 11) is 0. The van der Waals surface area contributed by atoms with Gasteiger partial charge in [0, 0.05) is 15.1 Å². The maximum atomic E-state index is 13.0. The monoisotopic (exact) mass is 236 g/mol. The Balaban J connectivity index is 3.25. The molecule has 0 radical (unpaired) electrons. The Morgan fingerprint density at radius 1 is 1.55 bits per heavy atom. The Kier molecular flexibility index (Phi) is 2.90. The van der Waals surface area contributed by atoms with Crippen LogP contribution in [0.1, 0.15) is 12.5 Å².